The lowest BCUT2D eigenvalue weighted by Gasteiger charge is -2.20. The van der Waals surface area contributed by atoms with Gasteiger partial charge in [-0.2, -0.15) is 13.2 Å². The maximum Gasteiger partial charge on any atom is 0.416 e. The highest BCUT2D eigenvalue weighted by Crippen LogP contribution is 2.29. The number of rotatable bonds is 21. The number of nitrogens with zero attached hydrogens (tertiary/aromatic N) is 1. The van der Waals surface area contributed by atoms with Gasteiger partial charge >= 0.3 is 18.1 Å². The van der Waals surface area contributed by atoms with E-state index in [1.165, 1.54) is 68.6 Å². The summed E-state index contributed by atoms with van der Waals surface area (Å²) in [6.07, 6.45) is 8.10. The van der Waals surface area contributed by atoms with E-state index in [4.69, 9.17) is 9.88 Å². The standard InChI is InChI=1S/C33H45F3N2O6/c1-3-4-5-6-7-8-9-10-11-12-22-37-32(41)29-17-13-28(14-18-29)24-38(44-43-31(40)25-42-26(2)39)23-21-27-15-19-30(20-16-27)33(34,35)36/h13-20H,3-12,21-25H2,1-2H3,(H,37,41). The minimum absolute atomic E-state index is 0.141. The Morgan fingerprint density at radius 1 is 0.795 bits per heavy atom. The molecule has 0 aliphatic carbocycles. The van der Waals surface area contributed by atoms with E-state index in [0.717, 1.165) is 37.5 Å². The van der Waals surface area contributed by atoms with Crippen molar-refractivity contribution in [3.05, 3.63) is 70.8 Å². The minimum atomic E-state index is -4.43. The van der Waals surface area contributed by atoms with Gasteiger partial charge in [0.05, 0.1) is 12.1 Å². The number of unbranched alkanes of at least 4 members (excludes halogenated alkanes) is 9. The van der Waals surface area contributed by atoms with E-state index >= 15 is 0 Å². The molecular weight excluding hydrogens is 577 g/mol. The van der Waals surface area contributed by atoms with Gasteiger partial charge < -0.3 is 10.1 Å². The van der Waals surface area contributed by atoms with Gasteiger partial charge in [-0.25, -0.2) is 4.79 Å². The second-order valence-corrected chi connectivity index (χ2v) is 10.8. The molecule has 1 amide bonds. The van der Waals surface area contributed by atoms with Crippen LogP contribution in [0.3, 0.4) is 0 Å². The predicted octanol–water partition coefficient (Wildman–Crippen LogP) is 7.35. The van der Waals surface area contributed by atoms with E-state index < -0.39 is 30.3 Å². The lowest BCUT2D eigenvalue weighted by Crippen LogP contribution is -2.29. The van der Waals surface area contributed by atoms with Crippen molar-refractivity contribution in [3.63, 3.8) is 0 Å². The van der Waals surface area contributed by atoms with Crippen LogP contribution in [0.25, 0.3) is 0 Å². The Hall–Kier alpha value is -3.44. The summed E-state index contributed by atoms with van der Waals surface area (Å²) < 4.78 is 43.2. The third kappa shape index (κ3) is 15.9. The molecule has 44 heavy (non-hydrogen) atoms. The molecule has 244 valence electrons. The van der Waals surface area contributed by atoms with Crippen molar-refractivity contribution >= 4 is 17.8 Å². The number of carbonyl (C=O) groups excluding carboxylic acids is 3. The molecular formula is C33H45F3N2O6. The zero-order chi connectivity index (χ0) is 32.2. The molecule has 1 N–H and O–H groups in total. The molecule has 0 saturated carbocycles. The number of hydrogen-bond acceptors (Lipinski definition) is 7. The Morgan fingerprint density at radius 3 is 1.93 bits per heavy atom. The first kappa shape index (κ1) is 36.8. The number of hydrogen-bond donors (Lipinski definition) is 1. The molecule has 2 rings (SSSR count). The van der Waals surface area contributed by atoms with Gasteiger partial charge in [0.1, 0.15) is 0 Å². The summed E-state index contributed by atoms with van der Waals surface area (Å²) in [6, 6.07) is 11.6. The van der Waals surface area contributed by atoms with Gasteiger partial charge in [-0.15, -0.1) is 5.06 Å². The van der Waals surface area contributed by atoms with E-state index in [0.29, 0.717) is 24.1 Å². The molecule has 0 saturated heterocycles. The van der Waals surface area contributed by atoms with Crippen LogP contribution in [0, 0.1) is 0 Å². The molecule has 2 aromatic carbocycles. The number of carbonyl (C=O) groups is 3. The lowest BCUT2D eigenvalue weighted by molar-refractivity contribution is -0.402. The van der Waals surface area contributed by atoms with Gasteiger partial charge in [-0.05, 0) is 48.2 Å². The number of benzene rings is 2. The zero-order valence-electron chi connectivity index (χ0n) is 25.8. The molecule has 0 aromatic heterocycles. The van der Waals surface area contributed by atoms with Gasteiger partial charge in [0.2, 0.25) is 0 Å². The first-order valence-corrected chi connectivity index (χ1v) is 15.4. The summed E-state index contributed by atoms with van der Waals surface area (Å²) >= 11 is 0. The van der Waals surface area contributed by atoms with Crippen molar-refractivity contribution in [2.24, 2.45) is 0 Å². The van der Waals surface area contributed by atoms with E-state index in [1.54, 1.807) is 24.3 Å². The number of hydroxylamine groups is 2. The fraction of sp³-hybridized carbons (Fsp3) is 0.545. The van der Waals surface area contributed by atoms with Crippen molar-refractivity contribution in [2.75, 3.05) is 19.7 Å². The van der Waals surface area contributed by atoms with Crippen molar-refractivity contribution in [1.82, 2.24) is 10.4 Å². The average molecular weight is 623 g/mol. The molecule has 0 heterocycles. The quantitative estimate of drug-likeness (QED) is 0.0673. The fourth-order valence-electron chi connectivity index (χ4n) is 4.42. The number of halogens is 3. The fourth-order valence-corrected chi connectivity index (χ4v) is 4.42. The number of alkyl halides is 3. The third-order valence-electron chi connectivity index (χ3n) is 6.95. The first-order chi connectivity index (χ1) is 21.1. The van der Waals surface area contributed by atoms with Crippen LogP contribution < -0.4 is 5.32 Å². The monoisotopic (exact) mass is 622 g/mol. The van der Waals surface area contributed by atoms with Crippen molar-refractivity contribution in [1.29, 1.82) is 0 Å². The van der Waals surface area contributed by atoms with E-state index in [-0.39, 0.29) is 19.0 Å². The summed E-state index contributed by atoms with van der Waals surface area (Å²) in [5.74, 6) is -1.76. The van der Waals surface area contributed by atoms with Crippen LogP contribution >= 0.6 is 0 Å². The normalized spacial score (nSPS) is 11.4. The molecule has 0 radical (unpaired) electrons. The van der Waals surface area contributed by atoms with Crippen LogP contribution in [0.2, 0.25) is 0 Å². The highest BCUT2D eigenvalue weighted by molar-refractivity contribution is 5.94. The number of ether oxygens (including phenoxy) is 1. The molecule has 0 spiro atoms. The van der Waals surface area contributed by atoms with Gasteiger partial charge in [-0.3, -0.25) is 14.5 Å². The smallest absolute Gasteiger partial charge is 0.416 e. The number of nitrogens with one attached hydrogen (secondary N) is 1. The van der Waals surface area contributed by atoms with Crippen LogP contribution in [-0.2, 0) is 43.3 Å². The predicted molar refractivity (Wildman–Crippen MR) is 160 cm³/mol. The topological polar surface area (TPSA) is 94.2 Å². The van der Waals surface area contributed by atoms with Gasteiger partial charge in [0.25, 0.3) is 5.91 Å². The molecule has 0 unspecified atom stereocenters. The van der Waals surface area contributed by atoms with Crippen molar-refractivity contribution in [3.8, 4) is 0 Å². The van der Waals surface area contributed by atoms with Crippen LogP contribution in [0.4, 0.5) is 13.2 Å². The van der Waals surface area contributed by atoms with E-state index in [1.807, 2.05) is 0 Å². The lowest BCUT2D eigenvalue weighted by atomic mass is 10.1. The summed E-state index contributed by atoms with van der Waals surface area (Å²) in [5.41, 5.74) is 1.11. The molecule has 8 nitrogen and oxygen atoms in total. The summed E-state index contributed by atoms with van der Waals surface area (Å²) in [5, 5.41) is 4.26. The molecule has 0 atom stereocenters. The molecule has 0 aliphatic heterocycles. The zero-order valence-corrected chi connectivity index (χ0v) is 25.8. The Balaban J connectivity index is 1.83. The second-order valence-electron chi connectivity index (χ2n) is 10.8. The van der Waals surface area contributed by atoms with E-state index in [9.17, 15) is 27.6 Å². The Labute approximate surface area is 258 Å². The largest absolute Gasteiger partial charge is 0.454 e. The third-order valence-corrected chi connectivity index (χ3v) is 6.95. The van der Waals surface area contributed by atoms with Crippen LogP contribution in [0.1, 0.15) is 105 Å². The molecule has 0 bridgehead atoms. The van der Waals surface area contributed by atoms with Gasteiger partial charge in [0.15, 0.2) is 6.61 Å². The maximum absolute atomic E-state index is 12.9. The number of amides is 1. The van der Waals surface area contributed by atoms with Crippen LogP contribution in [0.15, 0.2) is 48.5 Å². The van der Waals surface area contributed by atoms with Gasteiger partial charge in [-0.1, -0.05) is 94.0 Å². The summed E-state index contributed by atoms with van der Waals surface area (Å²) in [7, 11) is 0. The Kier molecular flexibility index (Phi) is 17.1. The van der Waals surface area contributed by atoms with Crippen molar-refractivity contribution in [2.45, 2.75) is 97.2 Å². The Morgan fingerprint density at radius 2 is 1.36 bits per heavy atom. The van der Waals surface area contributed by atoms with Crippen molar-refractivity contribution < 1.29 is 42.2 Å². The minimum Gasteiger partial charge on any atom is -0.454 e. The molecule has 11 heteroatoms. The van der Waals surface area contributed by atoms with Gasteiger partial charge in [0, 0.05) is 25.6 Å². The molecule has 0 fully saturated rings. The maximum atomic E-state index is 12.9. The number of esters is 1. The molecule has 2 aromatic rings. The van der Waals surface area contributed by atoms with Crippen LogP contribution in [-0.4, -0.2) is 42.6 Å². The molecule has 0 aliphatic rings. The SMILES string of the molecule is CCCCCCCCCCCCNC(=O)c1ccc(CN(CCc2ccc(C(F)(F)F)cc2)OOC(=O)COC(C)=O)cc1. The summed E-state index contributed by atoms with van der Waals surface area (Å²) in [4.78, 5) is 45.2. The van der Waals surface area contributed by atoms with Crippen LogP contribution in [0.5, 0.6) is 0 Å². The second kappa shape index (κ2) is 20.5. The highest BCUT2D eigenvalue weighted by atomic mass is 19.4. The highest BCUT2D eigenvalue weighted by Gasteiger charge is 2.30. The first-order valence-electron chi connectivity index (χ1n) is 15.4. The average Bonchev–Trinajstić information content (AvgIpc) is 3.00. The summed E-state index contributed by atoms with van der Waals surface area (Å²) in [6.45, 7) is 3.65. The van der Waals surface area contributed by atoms with E-state index in [2.05, 4.69) is 17.0 Å². The Bertz CT molecular complexity index is 1120.